The van der Waals surface area contributed by atoms with Crippen LogP contribution in [0.1, 0.15) is 11.1 Å². The molecule has 1 fully saturated rings. The molecule has 1 N–H and O–H groups in total. The molecule has 0 saturated carbocycles. The lowest BCUT2D eigenvalue weighted by Crippen LogP contribution is -2.32. The van der Waals surface area contributed by atoms with Crippen LogP contribution in [0, 0.1) is 6.92 Å². The first-order valence-corrected chi connectivity index (χ1v) is 5.30. The molecule has 17 heavy (non-hydrogen) atoms. The van der Waals surface area contributed by atoms with Crippen molar-refractivity contribution >= 4 is 17.8 Å². The van der Waals surface area contributed by atoms with Crippen LogP contribution in [0.3, 0.4) is 0 Å². The van der Waals surface area contributed by atoms with Gasteiger partial charge in [-0.1, -0.05) is 29.8 Å². The first-order chi connectivity index (χ1) is 8.08. The van der Waals surface area contributed by atoms with E-state index in [1.165, 1.54) is 0 Å². The minimum absolute atomic E-state index is 0.222. The molecule has 2 rings (SSSR count). The molecule has 1 aliphatic rings. The zero-order valence-corrected chi connectivity index (χ0v) is 9.40. The molecule has 0 spiro atoms. The molecule has 1 aliphatic heterocycles. The Bertz CT molecular complexity index is 496. The smallest absolute Gasteiger partial charge is 0.269 e. The highest BCUT2D eigenvalue weighted by Crippen LogP contribution is 2.07. The van der Waals surface area contributed by atoms with Crippen LogP contribution in [-0.2, 0) is 16.0 Å². The maximum absolute atomic E-state index is 11.3. The van der Waals surface area contributed by atoms with Crippen molar-refractivity contribution in [2.45, 2.75) is 13.3 Å². The van der Waals surface area contributed by atoms with Gasteiger partial charge in [-0.3, -0.25) is 19.8 Å². The van der Waals surface area contributed by atoms with Crippen molar-refractivity contribution in [1.82, 2.24) is 10.2 Å². The molecule has 1 aromatic carbocycles. The fourth-order valence-corrected chi connectivity index (χ4v) is 1.74. The van der Waals surface area contributed by atoms with Crippen LogP contribution in [0.25, 0.3) is 0 Å². The zero-order valence-electron chi connectivity index (χ0n) is 9.40. The van der Waals surface area contributed by atoms with E-state index in [0.29, 0.717) is 6.42 Å². The van der Waals surface area contributed by atoms with E-state index in [9.17, 15) is 14.4 Å². The number of carbonyl (C=O) groups excluding carboxylic acids is 3. The molecule has 1 saturated heterocycles. The summed E-state index contributed by atoms with van der Waals surface area (Å²) in [6.45, 7) is 2.20. The zero-order chi connectivity index (χ0) is 12.4. The van der Waals surface area contributed by atoms with E-state index >= 15 is 0 Å². The molecule has 5 nitrogen and oxygen atoms in total. The predicted octanol–water partition coefficient (Wildman–Crippen LogP) is 0.616. The Kier molecular flexibility index (Phi) is 2.91. The van der Waals surface area contributed by atoms with Crippen LogP contribution >= 0.6 is 0 Å². The second kappa shape index (κ2) is 4.37. The van der Waals surface area contributed by atoms with Gasteiger partial charge >= 0.3 is 17.8 Å². The van der Waals surface area contributed by atoms with E-state index in [1.807, 2.05) is 36.5 Å². The Labute approximate surface area is 98.4 Å². The summed E-state index contributed by atoms with van der Waals surface area (Å²) in [4.78, 5) is 34.4. The lowest BCUT2D eigenvalue weighted by molar-refractivity contribution is -0.140. The van der Waals surface area contributed by atoms with Gasteiger partial charge in [-0.2, -0.15) is 0 Å². The number of urea groups is 1. The molecule has 0 bridgehead atoms. The summed E-state index contributed by atoms with van der Waals surface area (Å²) < 4.78 is 0. The van der Waals surface area contributed by atoms with Crippen molar-refractivity contribution in [3.05, 3.63) is 35.4 Å². The summed E-state index contributed by atoms with van der Waals surface area (Å²) in [5.41, 5.74) is 2.15. The number of nitrogens with zero attached hydrogens (tertiary/aromatic N) is 1. The second-order valence-corrected chi connectivity index (χ2v) is 3.96. The number of hydrogen-bond acceptors (Lipinski definition) is 3. The van der Waals surface area contributed by atoms with E-state index in [2.05, 4.69) is 0 Å². The second-order valence-electron chi connectivity index (χ2n) is 3.96. The summed E-state index contributed by atoms with van der Waals surface area (Å²) in [5.74, 6) is -1.62. The Hall–Kier alpha value is -2.17. The van der Waals surface area contributed by atoms with Gasteiger partial charge in [0.15, 0.2) is 0 Å². The van der Waals surface area contributed by atoms with Gasteiger partial charge in [-0.15, -0.1) is 0 Å². The van der Waals surface area contributed by atoms with Crippen molar-refractivity contribution in [1.29, 1.82) is 0 Å². The van der Waals surface area contributed by atoms with Crippen molar-refractivity contribution in [3.63, 3.8) is 0 Å². The van der Waals surface area contributed by atoms with Crippen LogP contribution in [0.4, 0.5) is 4.79 Å². The molecule has 88 valence electrons. The highest BCUT2D eigenvalue weighted by Gasteiger charge is 2.36. The fraction of sp³-hybridized carbons (Fsp3) is 0.250. The SMILES string of the molecule is Cc1cccc(CCN2C(=O)NC(=O)C2=O)c1. The quantitative estimate of drug-likeness (QED) is 0.613. The van der Waals surface area contributed by atoms with Gasteiger partial charge < -0.3 is 0 Å². The van der Waals surface area contributed by atoms with E-state index in [1.54, 1.807) is 0 Å². The summed E-state index contributed by atoms with van der Waals surface area (Å²) in [7, 11) is 0. The van der Waals surface area contributed by atoms with Gasteiger partial charge in [0, 0.05) is 6.54 Å². The lowest BCUT2D eigenvalue weighted by atomic mass is 10.1. The average Bonchev–Trinajstić information content (AvgIpc) is 2.51. The van der Waals surface area contributed by atoms with Crippen molar-refractivity contribution < 1.29 is 14.4 Å². The van der Waals surface area contributed by atoms with Gasteiger partial charge in [-0.25, -0.2) is 4.79 Å². The first-order valence-electron chi connectivity index (χ1n) is 5.30. The fourth-order valence-electron chi connectivity index (χ4n) is 1.74. The minimum Gasteiger partial charge on any atom is -0.269 e. The van der Waals surface area contributed by atoms with Crippen LogP contribution in [0.5, 0.6) is 0 Å². The molecule has 0 aliphatic carbocycles. The van der Waals surface area contributed by atoms with Gasteiger partial charge in [0.25, 0.3) is 0 Å². The van der Waals surface area contributed by atoms with Gasteiger partial charge in [0.1, 0.15) is 0 Å². The van der Waals surface area contributed by atoms with Crippen molar-refractivity contribution in [2.75, 3.05) is 6.54 Å². The van der Waals surface area contributed by atoms with E-state index in [0.717, 1.165) is 16.0 Å². The third kappa shape index (κ3) is 2.33. The van der Waals surface area contributed by atoms with Crippen LogP contribution < -0.4 is 5.32 Å². The van der Waals surface area contributed by atoms with Crippen LogP contribution in [-0.4, -0.2) is 29.3 Å². The molecule has 5 heteroatoms. The number of aryl methyl sites for hydroxylation is 1. The first kappa shape index (κ1) is 11.3. The van der Waals surface area contributed by atoms with Gasteiger partial charge in [-0.05, 0) is 18.9 Å². The topological polar surface area (TPSA) is 66.5 Å². The maximum Gasteiger partial charge on any atom is 0.331 e. The monoisotopic (exact) mass is 232 g/mol. The Morgan fingerprint density at radius 2 is 2.00 bits per heavy atom. The van der Waals surface area contributed by atoms with E-state index in [4.69, 9.17) is 0 Å². The lowest BCUT2D eigenvalue weighted by Gasteiger charge is -2.11. The highest BCUT2D eigenvalue weighted by atomic mass is 16.2. The Morgan fingerprint density at radius 3 is 2.59 bits per heavy atom. The number of carbonyl (C=O) groups is 3. The number of imide groups is 2. The molecule has 1 heterocycles. The average molecular weight is 232 g/mol. The summed E-state index contributed by atoms with van der Waals surface area (Å²) in [6, 6.07) is 7.17. The molecular formula is C12H12N2O3. The summed E-state index contributed by atoms with van der Waals surface area (Å²) >= 11 is 0. The molecular weight excluding hydrogens is 220 g/mol. The maximum atomic E-state index is 11.3. The van der Waals surface area contributed by atoms with Crippen LogP contribution in [0.2, 0.25) is 0 Å². The Morgan fingerprint density at radius 1 is 1.24 bits per heavy atom. The molecule has 0 radical (unpaired) electrons. The van der Waals surface area contributed by atoms with E-state index in [-0.39, 0.29) is 6.54 Å². The molecule has 0 aromatic heterocycles. The third-order valence-corrected chi connectivity index (χ3v) is 2.61. The highest BCUT2D eigenvalue weighted by molar-refractivity contribution is 6.44. The minimum atomic E-state index is -0.848. The Balaban J connectivity index is 2.01. The number of amides is 4. The summed E-state index contributed by atoms with van der Waals surface area (Å²) in [5, 5.41) is 1.96. The number of hydrogen-bond donors (Lipinski definition) is 1. The van der Waals surface area contributed by atoms with Gasteiger partial charge in [0.2, 0.25) is 0 Å². The normalized spacial score (nSPS) is 15.4. The molecule has 0 atom stereocenters. The van der Waals surface area contributed by atoms with E-state index < -0.39 is 17.8 Å². The van der Waals surface area contributed by atoms with Crippen molar-refractivity contribution in [2.24, 2.45) is 0 Å². The molecule has 4 amide bonds. The largest absolute Gasteiger partial charge is 0.331 e. The predicted molar refractivity (Wildman–Crippen MR) is 60.1 cm³/mol. The molecule has 0 unspecified atom stereocenters. The number of nitrogens with one attached hydrogen (secondary N) is 1. The number of benzene rings is 1. The van der Waals surface area contributed by atoms with Gasteiger partial charge in [0.05, 0.1) is 0 Å². The van der Waals surface area contributed by atoms with Crippen LogP contribution in [0.15, 0.2) is 24.3 Å². The molecule has 1 aromatic rings. The standard InChI is InChI=1S/C12H12N2O3/c1-8-3-2-4-9(7-8)5-6-14-11(16)10(15)13-12(14)17/h2-4,7H,5-6H2,1H3,(H,13,15,17). The summed E-state index contributed by atoms with van der Waals surface area (Å²) in [6.07, 6.45) is 0.550. The number of rotatable bonds is 3. The van der Waals surface area contributed by atoms with Crippen molar-refractivity contribution in [3.8, 4) is 0 Å². The third-order valence-electron chi connectivity index (χ3n) is 2.61.